The Kier molecular flexibility index (Phi) is 4.93. The lowest BCUT2D eigenvalue weighted by atomic mass is 10.2. The topological polar surface area (TPSA) is 21.3 Å². The zero-order valence-corrected chi connectivity index (χ0v) is 11.7. The molecule has 0 aliphatic carbocycles. The largest absolute Gasteiger partial charge is 0.454 e. The molecular weight excluding hydrogens is 284 g/mol. The second-order valence-corrected chi connectivity index (χ2v) is 4.65. The Labute approximate surface area is 121 Å². The summed E-state index contributed by atoms with van der Waals surface area (Å²) in [6.45, 7) is 3.28. The monoisotopic (exact) mass is 297 g/mol. The molecule has 0 saturated heterocycles. The van der Waals surface area contributed by atoms with Crippen LogP contribution in [0.15, 0.2) is 36.4 Å². The summed E-state index contributed by atoms with van der Waals surface area (Å²) in [5.41, 5.74) is 0.781. The molecule has 1 N–H and O–H groups in total. The van der Waals surface area contributed by atoms with Gasteiger partial charge in [0.25, 0.3) is 0 Å². The van der Waals surface area contributed by atoms with Crippen molar-refractivity contribution in [2.45, 2.75) is 13.5 Å². The molecule has 20 heavy (non-hydrogen) atoms. The second kappa shape index (κ2) is 6.68. The Bertz CT molecular complexity index is 604. The van der Waals surface area contributed by atoms with Gasteiger partial charge in [0.15, 0.2) is 11.6 Å². The van der Waals surface area contributed by atoms with Crippen molar-refractivity contribution < 1.29 is 13.5 Å². The molecule has 106 valence electrons. The first kappa shape index (κ1) is 14.8. The first-order valence-electron chi connectivity index (χ1n) is 6.22. The maximum absolute atomic E-state index is 13.6. The Morgan fingerprint density at radius 3 is 2.65 bits per heavy atom. The molecule has 0 spiro atoms. The van der Waals surface area contributed by atoms with Gasteiger partial charge < -0.3 is 10.1 Å². The molecule has 0 unspecified atom stereocenters. The van der Waals surface area contributed by atoms with Gasteiger partial charge in [-0.15, -0.1) is 0 Å². The minimum atomic E-state index is -0.615. The van der Waals surface area contributed by atoms with Crippen molar-refractivity contribution in [3.63, 3.8) is 0 Å². The van der Waals surface area contributed by atoms with Crippen LogP contribution < -0.4 is 10.1 Å². The lowest BCUT2D eigenvalue weighted by Crippen LogP contribution is -2.12. The van der Waals surface area contributed by atoms with Crippen LogP contribution in [0.3, 0.4) is 0 Å². The molecular formula is C15H14ClF2NO. The van der Waals surface area contributed by atoms with Gasteiger partial charge in [0, 0.05) is 23.2 Å². The molecule has 0 radical (unpaired) electrons. The summed E-state index contributed by atoms with van der Waals surface area (Å²) < 4.78 is 32.2. The number of benzene rings is 2. The van der Waals surface area contributed by atoms with Crippen LogP contribution >= 0.6 is 11.6 Å². The van der Waals surface area contributed by atoms with E-state index < -0.39 is 11.6 Å². The zero-order valence-electron chi connectivity index (χ0n) is 10.9. The van der Waals surface area contributed by atoms with E-state index in [0.717, 1.165) is 30.3 Å². The van der Waals surface area contributed by atoms with E-state index >= 15 is 0 Å². The third kappa shape index (κ3) is 3.68. The van der Waals surface area contributed by atoms with Crippen molar-refractivity contribution in [1.82, 2.24) is 5.32 Å². The highest BCUT2D eigenvalue weighted by atomic mass is 35.5. The van der Waals surface area contributed by atoms with Gasteiger partial charge in [0.2, 0.25) is 0 Å². The zero-order chi connectivity index (χ0) is 14.5. The van der Waals surface area contributed by atoms with E-state index in [2.05, 4.69) is 5.32 Å². The lowest BCUT2D eigenvalue weighted by Gasteiger charge is -2.12. The number of ether oxygens (including phenoxy) is 1. The highest BCUT2D eigenvalue weighted by molar-refractivity contribution is 6.30. The fraction of sp³-hybridized carbons (Fsp3) is 0.200. The van der Waals surface area contributed by atoms with Crippen molar-refractivity contribution >= 4 is 11.6 Å². The summed E-state index contributed by atoms with van der Waals surface area (Å²) in [5, 5.41) is 3.70. The van der Waals surface area contributed by atoms with Crippen molar-refractivity contribution in [3.8, 4) is 11.5 Å². The van der Waals surface area contributed by atoms with Crippen LogP contribution in [-0.2, 0) is 6.54 Å². The van der Waals surface area contributed by atoms with E-state index in [-0.39, 0.29) is 5.75 Å². The van der Waals surface area contributed by atoms with Gasteiger partial charge in [-0.3, -0.25) is 0 Å². The molecule has 0 amide bonds. The molecule has 2 nitrogen and oxygen atoms in total. The number of rotatable bonds is 5. The molecule has 2 aromatic carbocycles. The van der Waals surface area contributed by atoms with E-state index in [9.17, 15) is 8.78 Å². The highest BCUT2D eigenvalue weighted by Gasteiger charge is 2.10. The lowest BCUT2D eigenvalue weighted by molar-refractivity contribution is 0.430. The third-order valence-electron chi connectivity index (χ3n) is 2.70. The normalized spacial score (nSPS) is 10.6. The molecule has 0 aliphatic rings. The van der Waals surface area contributed by atoms with Crippen LogP contribution in [0.4, 0.5) is 8.78 Å². The van der Waals surface area contributed by atoms with Crippen molar-refractivity contribution in [1.29, 1.82) is 0 Å². The minimum Gasteiger partial charge on any atom is -0.454 e. The summed E-state index contributed by atoms with van der Waals surface area (Å²) in [5.74, 6) is -0.871. The van der Waals surface area contributed by atoms with Crippen molar-refractivity contribution in [2.24, 2.45) is 0 Å². The summed E-state index contributed by atoms with van der Waals surface area (Å²) in [7, 11) is 0. The van der Waals surface area contributed by atoms with Crippen LogP contribution in [0.1, 0.15) is 12.5 Å². The maximum atomic E-state index is 13.6. The van der Waals surface area contributed by atoms with Crippen molar-refractivity contribution in [2.75, 3.05) is 6.54 Å². The van der Waals surface area contributed by atoms with E-state index in [4.69, 9.17) is 16.3 Å². The Morgan fingerprint density at radius 1 is 1.10 bits per heavy atom. The van der Waals surface area contributed by atoms with Crippen LogP contribution in [0, 0.1) is 11.6 Å². The molecule has 2 aromatic rings. The van der Waals surface area contributed by atoms with Crippen LogP contribution in [0.25, 0.3) is 0 Å². The van der Waals surface area contributed by atoms with Crippen molar-refractivity contribution in [3.05, 3.63) is 58.6 Å². The maximum Gasteiger partial charge on any atom is 0.165 e. The standard InChI is InChI=1S/C15H14ClF2NO/c1-2-19-9-10-7-11(16)3-6-14(10)20-15-8-12(17)4-5-13(15)18/h3-8,19H,2,9H2,1H3. The second-order valence-electron chi connectivity index (χ2n) is 4.21. The predicted molar refractivity (Wildman–Crippen MR) is 75.3 cm³/mol. The van der Waals surface area contributed by atoms with E-state index in [1.165, 1.54) is 0 Å². The van der Waals surface area contributed by atoms with Gasteiger partial charge in [-0.25, -0.2) is 8.78 Å². The Morgan fingerprint density at radius 2 is 1.90 bits per heavy atom. The summed E-state index contributed by atoms with van der Waals surface area (Å²) in [4.78, 5) is 0. The first-order valence-corrected chi connectivity index (χ1v) is 6.60. The van der Waals surface area contributed by atoms with Crippen LogP contribution in [-0.4, -0.2) is 6.54 Å². The first-order chi connectivity index (χ1) is 9.60. The third-order valence-corrected chi connectivity index (χ3v) is 2.94. The fourth-order valence-corrected chi connectivity index (χ4v) is 1.91. The van der Waals surface area contributed by atoms with Gasteiger partial charge in [-0.05, 0) is 36.9 Å². The Balaban J connectivity index is 2.30. The summed E-state index contributed by atoms with van der Waals surface area (Å²) >= 11 is 5.94. The van der Waals surface area contributed by atoms with E-state index in [0.29, 0.717) is 17.3 Å². The molecule has 0 heterocycles. The molecule has 0 aliphatic heterocycles. The number of nitrogens with one attached hydrogen (secondary N) is 1. The van der Waals surface area contributed by atoms with Gasteiger partial charge >= 0.3 is 0 Å². The van der Waals surface area contributed by atoms with Gasteiger partial charge in [-0.2, -0.15) is 0 Å². The molecule has 0 saturated carbocycles. The van der Waals surface area contributed by atoms with Gasteiger partial charge in [0.1, 0.15) is 11.6 Å². The molecule has 0 aromatic heterocycles. The van der Waals surface area contributed by atoms with E-state index in [1.807, 2.05) is 6.92 Å². The predicted octanol–water partition coefficient (Wildman–Crippen LogP) is 4.52. The van der Waals surface area contributed by atoms with E-state index in [1.54, 1.807) is 18.2 Å². The number of hydrogen-bond donors (Lipinski definition) is 1. The summed E-state index contributed by atoms with van der Waals surface area (Å²) in [6.07, 6.45) is 0. The molecule has 0 fully saturated rings. The average Bonchev–Trinajstić information content (AvgIpc) is 2.43. The van der Waals surface area contributed by atoms with Gasteiger partial charge in [0.05, 0.1) is 0 Å². The molecule has 0 bridgehead atoms. The highest BCUT2D eigenvalue weighted by Crippen LogP contribution is 2.30. The quantitative estimate of drug-likeness (QED) is 0.876. The fourth-order valence-electron chi connectivity index (χ4n) is 1.72. The van der Waals surface area contributed by atoms with Crippen LogP contribution in [0.2, 0.25) is 5.02 Å². The Hall–Kier alpha value is -1.65. The smallest absolute Gasteiger partial charge is 0.165 e. The SMILES string of the molecule is CCNCc1cc(Cl)ccc1Oc1cc(F)ccc1F. The van der Waals surface area contributed by atoms with Crippen LogP contribution in [0.5, 0.6) is 11.5 Å². The molecule has 5 heteroatoms. The summed E-state index contributed by atoms with van der Waals surface area (Å²) in [6, 6.07) is 8.11. The molecule has 2 rings (SSSR count). The number of hydrogen-bond acceptors (Lipinski definition) is 2. The molecule has 0 atom stereocenters. The number of halogens is 3. The average molecular weight is 298 g/mol. The minimum absolute atomic E-state index is 0.148. The van der Waals surface area contributed by atoms with Gasteiger partial charge in [-0.1, -0.05) is 18.5 Å².